The lowest BCUT2D eigenvalue weighted by Crippen LogP contribution is -2.04. The van der Waals surface area contributed by atoms with Gasteiger partial charge in [-0.05, 0) is 19.3 Å². The number of ether oxygens (including phenoxy) is 3. The summed E-state index contributed by atoms with van der Waals surface area (Å²) >= 11 is 0. The lowest BCUT2D eigenvalue weighted by molar-refractivity contribution is 0.267. The summed E-state index contributed by atoms with van der Waals surface area (Å²) < 4.78 is 17.8. The maximum atomic E-state index is 5.98. The molecule has 0 aliphatic heterocycles. The standard InChI is InChI=1S/C19H26O3/c1-4-11-20-17-14-18(21-12-5-2)19(22-13-6-3)16-10-8-7-9-15(16)17/h7-10,14H,4-6,11-13H2,1-3H3. The van der Waals surface area contributed by atoms with E-state index < -0.39 is 0 Å². The van der Waals surface area contributed by atoms with E-state index in [9.17, 15) is 0 Å². The van der Waals surface area contributed by atoms with E-state index in [2.05, 4.69) is 32.9 Å². The third-order valence-corrected chi connectivity index (χ3v) is 3.30. The van der Waals surface area contributed by atoms with E-state index in [1.807, 2.05) is 18.2 Å². The number of hydrogen-bond acceptors (Lipinski definition) is 3. The summed E-state index contributed by atoms with van der Waals surface area (Å²) in [5, 5.41) is 2.13. The van der Waals surface area contributed by atoms with Crippen LogP contribution in [0.5, 0.6) is 17.2 Å². The summed E-state index contributed by atoms with van der Waals surface area (Å²) in [6.07, 6.45) is 2.91. The fraction of sp³-hybridized carbons (Fsp3) is 0.474. The Morgan fingerprint density at radius 2 is 1.23 bits per heavy atom. The maximum absolute atomic E-state index is 5.98. The van der Waals surface area contributed by atoms with Gasteiger partial charge in [0.25, 0.3) is 0 Å². The Hall–Kier alpha value is -1.90. The van der Waals surface area contributed by atoms with E-state index >= 15 is 0 Å². The molecule has 0 unspecified atom stereocenters. The van der Waals surface area contributed by atoms with E-state index in [-0.39, 0.29) is 0 Å². The summed E-state index contributed by atoms with van der Waals surface area (Å²) in [5.74, 6) is 2.47. The fourth-order valence-electron chi connectivity index (χ4n) is 2.29. The average molecular weight is 302 g/mol. The molecule has 0 aliphatic rings. The van der Waals surface area contributed by atoms with Gasteiger partial charge in [0.2, 0.25) is 0 Å². The molecule has 0 saturated heterocycles. The molecule has 2 aromatic rings. The Balaban J connectivity index is 2.50. The Kier molecular flexibility index (Phi) is 6.38. The van der Waals surface area contributed by atoms with Crippen LogP contribution < -0.4 is 14.2 Å². The van der Waals surface area contributed by atoms with E-state index in [1.165, 1.54) is 0 Å². The highest BCUT2D eigenvalue weighted by Crippen LogP contribution is 2.41. The third-order valence-electron chi connectivity index (χ3n) is 3.30. The Morgan fingerprint density at radius 3 is 1.86 bits per heavy atom. The van der Waals surface area contributed by atoms with Gasteiger partial charge < -0.3 is 14.2 Å². The Labute approximate surface area is 133 Å². The van der Waals surface area contributed by atoms with Gasteiger partial charge in [-0.2, -0.15) is 0 Å². The molecule has 0 aliphatic carbocycles. The van der Waals surface area contributed by atoms with Crippen molar-refractivity contribution in [3.05, 3.63) is 30.3 Å². The molecule has 2 aromatic carbocycles. The molecule has 3 nitrogen and oxygen atoms in total. The second-order valence-electron chi connectivity index (χ2n) is 5.29. The molecule has 120 valence electrons. The number of rotatable bonds is 9. The molecule has 0 bridgehead atoms. The first kappa shape index (κ1) is 16.5. The summed E-state index contributed by atoms with van der Waals surface area (Å²) in [4.78, 5) is 0. The van der Waals surface area contributed by atoms with Gasteiger partial charge in [0.05, 0.1) is 19.8 Å². The van der Waals surface area contributed by atoms with Gasteiger partial charge in [0.1, 0.15) is 5.75 Å². The smallest absolute Gasteiger partial charge is 0.169 e. The molecule has 0 N–H and O–H groups in total. The van der Waals surface area contributed by atoms with Crippen LogP contribution >= 0.6 is 0 Å². The highest BCUT2D eigenvalue weighted by atomic mass is 16.5. The SMILES string of the molecule is CCCOc1cc(OCCC)c2ccccc2c1OCCC. The van der Waals surface area contributed by atoms with Crippen molar-refractivity contribution in [3.8, 4) is 17.2 Å². The van der Waals surface area contributed by atoms with E-state index in [4.69, 9.17) is 14.2 Å². The van der Waals surface area contributed by atoms with E-state index in [1.54, 1.807) is 0 Å². The van der Waals surface area contributed by atoms with E-state index in [0.717, 1.165) is 47.3 Å². The minimum Gasteiger partial charge on any atom is -0.493 e. The minimum atomic E-state index is 0.675. The van der Waals surface area contributed by atoms with E-state index in [0.29, 0.717) is 19.8 Å². The first-order valence-corrected chi connectivity index (χ1v) is 8.25. The van der Waals surface area contributed by atoms with Crippen molar-refractivity contribution in [1.29, 1.82) is 0 Å². The molecule has 0 atom stereocenters. The minimum absolute atomic E-state index is 0.675. The molecule has 0 aromatic heterocycles. The van der Waals surface area contributed by atoms with Gasteiger partial charge in [-0.15, -0.1) is 0 Å². The third kappa shape index (κ3) is 3.85. The number of benzene rings is 2. The molecular weight excluding hydrogens is 276 g/mol. The topological polar surface area (TPSA) is 27.7 Å². The van der Waals surface area contributed by atoms with Gasteiger partial charge in [-0.25, -0.2) is 0 Å². The fourth-order valence-corrected chi connectivity index (χ4v) is 2.29. The van der Waals surface area contributed by atoms with Gasteiger partial charge >= 0.3 is 0 Å². The monoisotopic (exact) mass is 302 g/mol. The van der Waals surface area contributed by atoms with Crippen molar-refractivity contribution in [3.63, 3.8) is 0 Å². The van der Waals surface area contributed by atoms with Crippen molar-refractivity contribution in [1.82, 2.24) is 0 Å². The quantitative estimate of drug-likeness (QED) is 0.636. The summed E-state index contributed by atoms with van der Waals surface area (Å²) in [7, 11) is 0. The highest BCUT2D eigenvalue weighted by molar-refractivity contribution is 5.95. The van der Waals surface area contributed by atoms with Crippen LogP contribution in [0.2, 0.25) is 0 Å². The Bertz CT molecular complexity index is 592. The first-order valence-electron chi connectivity index (χ1n) is 8.25. The van der Waals surface area contributed by atoms with Crippen LogP contribution in [0.15, 0.2) is 30.3 Å². The van der Waals surface area contributed by atoms with Gasteiger partial charge in [0, 0.05) is 16.8 Å². The van der Waals surface area contributed by atoms with Gasteiger partial charge in [-0.1, -0.05) is 45.0 Å². The lowest BCUT2D eigenvalue weighted by atomic mass is 10.1. The van der Waals surface area contributed by atoms with Gasteiger partial charge in [-0.3, -0.25) is 0 Å². The molecule has 3 heteroatoms. The molecule has 0 heterocycles. The van der Waals surface area contributed by atoms with Crippen LogP contribution in [0.3, 0.4) is 0 Å². The summed E-state index contributed by atoms with van der Waals surface area (Å²) in [6, 6.07) is 10.2. The van der Waals surface area contributed by atoms with Crippen LogP contribution in [-0.2, 0) is 0 Å². The zero-order chi connectivity index (χ0) is 15.8. The van der Waals surface area contributed by atoms with Crippen LogP contribution in [0, 0.1) is 0 Å². The molecule has 0 radical (unpaired) electrons. The van der Waals surface area contributed by atoms with Gasteiger partial charge in [0.15, 0.2) is 11.5 Å². The predicted molar refractivity (Wildman–Crippen MR) is 91.3 cm³/mol. The number of hydrogen-bond donors (Lipinski definition) is 0. The molecule has 0 saturated carbocycles. The van der Waals surface area contributed by atoms with Crippen molar-refractivity contribution in [2.45, 2.75) is 40.0 Å². The van der Waals surface area contributed by atoms with Crippen molar-refractivity contribution in [2.75, 3.05) is 19.8 Å². The van der Waals surface area contributed by atoms with Crippen LogP contribution in [-0.4, -0.2) is 19.8 Å². The summed E-state index contributed by atoms with van der Waals surface area (Å²) in [6.45, 7) is 8.37. The average Bonchev–Trinajstić information content (AvgIpc) is 2.56. The first-order chi connectivity index (χ1) is 10.8. The zero-order valence-electron chi connectivity index (χ0n) is 13.9. The van der Waals surface area contributed by atoms with Crippen LogP contribution in [0.1, 0.15) is 40.0 Å². The lowest BCUT2D eigenvalue weighted by Gasteiger charge is -2.17. The van der Waals surface area contributed by atoms with Crippen molar-refractivity contribution < 1.29 is 14.2 Å². The molecule has 0 amide bonds. The zero-order valence-corrected chi connectivity index (χ0v) is 13.9. The van der Waals surface area contributed by atoms with Crippen LogP contribution in [0.25, 0.3) is 10.8 Å². The molecule has 0 spiro atoms. The van der Waals surface area contributed by atoms with Crippen molar-refractivity contribution >= 4 is 10.8 Å². The summed E-state index contributed by atoms with van der Waals surface area (Å²) in [5.41, 5.74) is 0. The van der Waals surface area contributed by atoms with Crippen molar-refractivity contribution in [2.24, 2.45) is 0 Å². The second kappa shape index (κ2) is 8.52. The van der Waals surface area contributed by atoms with Crippen LogP contribution in [0.4, 0.5) is 0 Å². The largest absolute Gasteiger partial charge is 0.493 e. The predicted octanol–water partition coefficient (Wildman–Crippen LogP) is 5.21. The maximum Gasteiger partial charge on any atom is 0.169 e. The molecule has 22 heavy (non-hydrogen) atoms. The molecular formula is C19H26O3. The Morgan fingerprint density at radius 1 is 0.682 bits per heavy atom. The normalized spacial score (nSPS) is 10.7. The highest BCUT2D eigenvalue weighted by Gasteiger charge is 2.15. The molecule has 0 fully saturated rings. The second-order valence-corrected chi connectivity index (χ2v) is 5.29. The molecule has 2 rings (SSSR count). The number of fused-ring (bicyclic) bond motifs is 1.